The molecule has 1 aliphatic heterocycles. The van der Waals surface area contributed by atoms with Crippen LogP contribution < -0.4 is 10.6 Å². The van der Waals surface area contributed by atoms with E-state index in [2.05, 4.69) is 36.3 Å². The highest BCUT2D eigenvalue weighted by Gasteiger charge is 2.24. The maximum atomic E-state index is 11.9. The van der Waals surface area contributed by atoms with Gasteiger partial charge < -0.3 is 10.6 Å². The molecule has 3 unspecified atom stereocenters. The van der Waals surface area contributed by atoms with Gasteiger partial charge in [0.2, 0.25) is 5.91 Å². The van der Waals surface area contributed by atoms with Gasteiger partial charge in [0.15, 0.2) is 0 Å². The summed E-state index contributed by atoms with van der Waals surface area (Å²) in [5.41, 5.74) is 0. The summed E-state index contributed by atoms with van der Waals surface area (Å²) < 4.78 is 0. The van der Waals surface area contributed by atoms with Gasteiger partial charge in [-0.1, -0.05) is 6.92 Å². The topological polar surface area (TPSA) is 44.4 Å². The van der Waals surface area contributed by atoms with Crippen LogP contribution in [0.3, 0.4) is 0 Å². The first-order valence-electron chi connectivity index (χ1n) is 7.25. The van der Waals surface area contributed by atoms with E-state index in [1.165, 1.54) is 12.8 Å². The first-order chi connectivity index (χ1) is 8.56. The van der Waals surface area contributed by atoms with Crippen LogP contribution >= 0.6 is 0 Å². The average molecular weight is 255 g/mol. The van der Waals surface area contributed by atoms with Gasteiger partial charge in [-0.25, -0.2) is 0 Å². The van der Waals surface area contributed by atoms with Gasteiger partial charge in [0.05, 0.1) is 6.54 Å². The third-order valence-electron chi connectivity index (χ3n) is 4.09. The molecule has 0 radical (unpaired) electrons. The van der Waals surface area contributed by atoms with Crippen LogP contribution in [0.25, 0.3) is 0 Å². The molecule has 0 bridgehead atoms. The Balaban J connectivity index is 2.35. The van der Waals surface area contributed by atoms with Gasteiger partial charge in [-0.05, 0) is 52.6 Å². The summed E-state index contributed by atoms with van der Waals surface area (Å²) in [4.78, 5) is 14.1. The van der Waals surface area contributed by atoms with Gasteiger partial charge in [0, 0.05) is 18.6 Å². The minimum absolute atomic E-state index is 0.169. The third-order valence-corrected chi connectivity index (χ3v) is 4.09. The number of likely N-dealkylation sites (tertiary alicyclic amines) is 1. The third kappa shape index (κ3) is 4.94. The lowest BCUT2D eigenvalue weighted by atomic mass is 9.92. The minimum Gasteiger partial charge on any atom is -0.353 e. The summed E-state index contributed by atoms with van der Waals surface area (Å²) in [6, 6.07) is 0.819. The summed E-state index contributed by atoms with van der Waals surface area (Å²) in [6.07, 6.45) is 3.46. The smallest absolute Gasteiger partial charge is 0.234 e. The zero-order valence-electron chi connectivity index (χ0n) is 12.3. The monoisotopic (exact) mass is 255 g/mol. The van der Waals surface area contributed by atoms with E-state index in [0.717, 1.165) is 19.5 Å². The van der Waals surface area contributed by atoms with E-state index >= 15 is 0 Å². The molecule has 0 saturated carbocycles. The molecule has 0 aliphatic carbocycles. The molecule has 2 N–H and O–H groups in total. The molecule has 18 heavy (non-hydrogen) atoms. The van der Waals surface area contributed by atoms with Crippen molar-refractivity contribution in [1.29, 1.82) is 0 Å². The van der Waals surface area contributed by atoms with Gasteiger partial charge >= 0.3 is 0 Å². The van der Waals surface area contributed by atoms with Crippen LogP contribution in [-0.4, -0.2) is 49.6 Å². The van der Waals surface area contributed by atoms with Crippen LogP contribution in [0, 0.1) is 5.92 Å². The fraction of sp³-hybridized carbons (Fsp3) is 0.929. The SMILES string of the molecule is CCC(C)NC(=O)CN1CCCC(C(C)NC)C1. The lowest BCUT2D eigenvalue weighted by Crippen LogP contribution is -2.47. The average Bonchev–Trinajstić information content (AvgIpc) is 2.37. The normalized spacial score (nSPS) is 24.6. The molecule has 106 valence electrons. The van der Waals surface area contributed by atoms with Gasteiger partial charge in [-0.3, -0.25) is 9.69 Å². The molecule has 1 heterocycles. The molecule has 4 nitrogen and oxygen atoms in total. The largest absolute Gasteiger partial charge is 0.353 e. The predicted molar refractivity (Wildman–Crippen MR) is 75.6 cm³/mol. The van der Waals surface area contributed by atoms with Crippen LogP contribution in [-0.2, 0) is 4.79 Å². The second kappa shape index (κ2) is 7.74. The van der Waals surface area contributed by atoms with Gasteiger partial charge in [0.25, 0.3) is 0 Å². The maximum absolute atomic E-state index is 11.9. The molecular weight excluding hydrogens is 226 g/mol. The van der Waals surface area contributed by atoms with E-state index in [-0.39, 0.29) is 11.9 Å². The number of nitrogens with one attached hydrogen (secondary N) is 2. The highest BCUT2D eigenvalue weighted by molar-refractivity contribution is 5.78. The molecule has 3 atom stereocenters. The lowest BCUT2D eigenvalue weighted by Gasteiger charge is -2.35. The first kappa shape index (κ1) is 15.4. The molecule has 1 fully saturated rings. The second-order valence-corrected chi connectivity index (χ2v) is 5.59. The van der Waals surface area contributed by atoms with Crippen molar-refractivity contribution in [2.45, 2.75) is 52.1 Å². The fourth-order valence-corrected chi connectivity index (χ4v) is 2.50. The van der Waals surface area contributed by atoms with Crippen LogP contribution in [0.2, 0.25) is 0 Å². The van der Waals surface area contributed by atoms with Crippen LogP contribution in [0.4, 0.5) is 0 Å². The lowest BCUT2D eigenvalue weighted by molar-refractivity contribution is -0.123. The Morgan fingerprint density at radius 1 is 1.44 bits per heavy atom. The van der Waals surface area contributed by atoms with Crippen molar-refractivity contribution in [2.75, 3.05) is 26.7 Å². The van der Waals surface area contributed by atoms with Crippen molar-refractivity contribution in [3.05, 3.63) is 0 Å². The summed E-state index contributed by atoms with van der Waals surface area (Å²) in [7, 11) is 2.01. The maximum Gasteiger partial charge on any atom is 0.234 e. The molecule has 0 spiro atoms. The van der Waals surface area contributed by atoms with Crippen LogP contribution in [0.5, 0.6) is 0 Å². The zero-order chi connectivity index (χ0) is 13.5. The van der Waals surface area contributed by atoms with Crippen molar-refractivity contribution in [1.82, 2.24) is 15.5 Å². The molecular formula is C14H29N3O. The highest BCUT2D eigenvalue weighted by Crippen LogP contribution is 2.19. The summed E-state index contributed by atoms with van der Waals surface area (Å²) in [5.74, 6) is 0.835. The molecule has 0 aromatic carbocycles. The quantitative estimate of drug-likeness (QED) is 0.750. The number of carbonyl (C=O) groups is 1. The Morgan fingerprint density at radius 3 is 2.78 bits per heavy atom. The van der Waals surface area contributed by atoms with Crippen LogP contribution in [0.15, 0.2) is 0 Å². The van der Waals surface area contributed by atoms with Gasteiger partial charge in [-0.2, -0.15) is 0 Å². The first-order valence-corrected chi connectivity index (χ1v) is 7.25. The Kier molecular flexibility index (Phi) is 6.65. The number of amides is 1. The van der Waals surface area contributed by atoms with E-state index in [9.17, 15) is 4.79 Å². The van der Waals surface area contributed by atoms with E-state index < -0.39 is 0 Å². The molecule has 0 aromatic rings. The predicted octanol–water partition coefficient (Wildman–Crippen LogP) is 1.22. The number of carbonyl (C=O) groups excluding carboxylic acids is 1. The van der Waals surface area contributed by atoms with E-state index in [1.807, 2.05) is 7.05 Å². The molecule has 1 saturated heterocycles. The number of rotatable bonds is 6. The Hall–Kier alpha value is -0.610. The van der Waals surface area contributed by atoms with Crippen molar-refractivity contribution in [2.24, 2.45) is 5.92 Å². The summed E-state index contributed by atoms with van der Waals surface area (Å²) >= 11 is 0. The summed E-state index contributed by atoms with van der Waals surface area (Å²) in [6.45, 7) is 9.03. The Labute approximate surface area is 111 Å². The van der Waals surface area contributed by atoms with Crippen molar-refractivity contribution in [3.8, 4) is 0 Å². The number of hydrogen-bond donors (Lipinski definition) is 2. The van der Waals surface area contributed by atoms with Crippen LogP contribution in [0.1, 0.15) is 40.0 Å². The number of hydrogen-bond acceptors (Lipinski definition) is 3. The standard InChI is InChI=1S/C14H29N3O/c1-5-11(2)16-14(18)10-17-8-6-7-13(9-17)12(3)15-4/h11-13,15H,5-10H2,1-4H3,(H,16,18). The number of piperidine rings is 1. The summed E-state index contributed by atoms with van der Waals surface area (Å²) in [5, 5.41) is 6.36. The van der Waals surface area contributed by atoms with Crippen molar-refractivity contribution < 1.29 is 4.79 Å². The molecule has 1 amide bonds. The molecule has 1 rings (SSSR count). The van der Waals surface area contributed by atoms with E-state index in [1.54, 1.807) is 0 Å². The second-order valence-electron chi connectivity index (χ2n) is 5.59. The van der Waals surface area contributed by atoms with Gasteiger partial charge in [-0.15, -0.1) is 0 Å². The van der Waals surface area contributed by atoms with E-state index in [4.69, 9.17) is 0 Å². The van der Waals surface area contributed by atoms with E-state index in [0.29, 0.717) is 18.5 Å². The number of nitrogens with zero attached hydrogens (tertiary/aromatic N) is 1. The Bertz CT molecular complexity index is 257. The minimum atomic E-state index is 0.169. The molecule has 1 aliphatic rings. The van der Waals surface area contributed by atoms with Crippen molar-refractivity contribution >= 4 is 5.91 Å². The molecule has 4 heteroatoms. The van der Waals surface area contributed by atoms with Gasteiger partial charge in [0.1, 0.15) is 0 Å². The Morgan fingerprint density at radius 2 is 2.17 bits per heavy atom. The zero-order valence-corrected chi connectivity index (χ0v) is 12.3. The fourth-order valence-electron chi connectivity index (χ4n) is 2.50. The molecule has 0 aromatic heterocycles. The van der Waals surface area contributed by atoms with Crippen molar-refractivity contribution in [3.63, 3.8) is 0 Å². The highest BCUT2D eigenvalue weighted by atomic mass is 16.2.